The smallest absolute Gasteiger partial charge is 0.231 e. The number of aliphatic hydroxyl groups excluding tert-OH is 1. The van der Waals surface area contributed by atoms with Crippen molar-refractivity contribution in [3.8, 4) is 6.07 Å². The van der Waals surface area contributed by atoms with E-state index in [9.17, 15) is 4.79 Å². The Morgan fingerprint density at radius 3 is 2.53 bits per heavy atom. The molecule has 0 heterocycles. The number of carbonyl (C=O) groups is 1. The molecule has 98 valence electrons. The summed E-state index contributed by atoms with van der Waals surface area (Å²) in [6, 6.07) is 2.14. The summed E-state index contributed by atoms with van der Waals surface area (Å²) < 4.78 is 0. The Morgan fingerprint density at radius 1 is 1.53 bits per heavy atom. The van der Waals surface area contributed by atoms with E-state index in [-0.39, 0.29) is 23.7 Å². The lowest BCUT2D eigenvalue weighted by Crippen LogP contribution is -2.49. The third-order valence-corrected chi connectivity index (χ3v) is 4.05. The van der Waals surface area contributed by atoms with Crippen molar-refractivity contribution in [3.63, 3.8) is 0 Å². The first-order valence-corrected chi connectivity index (χ1v) is 6.85. The molecule has 0 aliphatic carbocycles. The molecule has 4 nitrogen and oxygen atoms in total. The van der Waals surface area contributed by atoms with Gasteiger partial charge in [0, 0.05) is 11.9 Å². The summed E-state index contributed by atoms with van der Waals surface area (Å²) in [5, 5.41) is 20.8. The monoisotopic (exact) mass is 258 g/mol. The molecule has 2 unspecified atom stereocenters. The first-order valence-electron chi connectivity index (χ1n) is 5.80. The van der Waals surface area contributed by atoms with Gasteiger partial charge in [-0.3, -0.25) is 4.79 Å². The summed E-state index contributed by atoms with van der Waals surface area (Å²) in [6.45, 7) is 7.66. The molecule has 0 rings (SSSR count). The predicted octanol–water partition coefficient (Wildman–Crippen LogP) is 1.54. The summed E-state index contributed by atoms with van der Waals surface area (Å²) in [7, 11) is 0. The van der Waals surface area contributed by atoms with Crippen LogP contribution >= 0.6 is 11.8 Å². The molecule has 0 saturated carbocycles. The Kier molecular flexibility index (Phi) is 7.24. The largest absolute Gasteiger partial charge is 0.396 e. The molecule has 0 aromatic carbocycles. The second-order valence-corrected chi connectivity index (χ2v) is 6.08. The summed E-state index contributed by atoms with van der Waals surface area (Å²) in [5.74, 6) is 0.263. The Balaban J connectivity index is 4.14. The molecule has 1 amide bonds. The molecule has 2 atom stereocenters. The van der Waals surface area contributed by atoms with Crippen LogP contribution in [0.25, 0.3) is 0 Å². The van der Waals surface area contributed by atoms with Gasteiger partial charge in [-0.2, -0.15) is 5.26 Å². The zero-order valence-corrected chi connectivity index (χ0v) is 11.8. The van der Waals surface area contributed by atoms with Gasteiger partial charge in [0.25, 0.3) is 0 Å². The van der Waals surface area contributed by atoms with Crippen molar-refractivity contribution in [2.45, 2.75) is 44.9 Å². The van der Waals surface area contributed by atoms with E-state index in [1.165, 1.54) is 11.8 Å². The summed E-state index contributed by atoms with van der Waals surface area (Å²) in [5.41, 5.74) is -0.808. The lowest BCUT2D eigenvalue weighted by Gasteiger charge is -2.27. The van der Waals surface area contributed by atoms with E-state index in [0.717, 1.165) is 0 Å². The quantitative estimate of drug-likeness (QED) is 0.726. The van der Waals surface area contributed by atoms with Gasteiger partial charge >= 0.3 is 0 Å². The molecule has 0 aliphatic rings. The standard InChI is InChI=1S/C12H22N2O2S/c1-9(2)12(4,8-13)14-11(16)7-17-10(3)5-6-15/h9-10,15H,5-7H2,1-4H3,(H,14,16). The number of amides is 1. The molecule has 0 fully saturated rings. The van der Waals surface area contributed by atoms with Crippen LogP contribution in [0.4, 0.5) is 0 Å². The van der Waals surface area contributed by atoms with Crippen molar-refractivity contribution < 1.29 is 9.90 Å². The van der Waals surface area contributed by atoms with Gasteiger partial charge in [0.05, 0.1) is 11.8 Å². The number of nitrogens with one attached hydrogen (secondary N) is 1. The summed E-state index contributed by atoms with van der Waals surface area (Å²) in [6.07, 6.45) is 0.678. The van der Waals surface area contributed by atoms with Gasteiger partial charge in [0.15, 0.2) is 0 Å². The number of hydrogen-bond donors (Lipinski definition) is 2. The van der Waals surface area contributed by atoms with Gasteiger partial charge in [-0.25, -0.2) is 0 Å². The molecule has 0 spiro atoms. The molecule has 17 heavy (non-hydrogen) atoms. The first-order chi connectivity index (χ1) is 7.85. The number of aliphatic hydroxyl groups is 1. The van der Waals surface area contributed by atoms with E-state index in [0.29, 0.717) is 12.2 Å². The summed E-state index contributed by atoms with van der Waals surface area (Å²) >= 11 is 1.49. The fraction of sp³-hybridized carbons (Fsp3) is 0.833. The van der Waals surface area contributed by atoms with Crippen LogP contribution < -0.4 is 5.32 Å². The van der Waals surface area contributed by atoms with Crippen LogP contribution in [0.5, 0.6) is 0 Å². The van der Waals surface area contributed by atoms with Gasteiger partial charge in [0.2, 0.25) is 5.91 Å². The van der Waals surface area contributed by atoms with Crippen molar-refractivity contribution >= 4 is 17.7 Å². The topological polar surface area (TPSA) is 73.1 Å². The Hall–Kier alpha value is -0.730. The Morgan fingerprint density at radius 2 is 2.12 bits per heavy atom. The second kappa shape index (κ2) is 7.57. The van der Waals surface area contributed by atoms with E-state index in [1.54, 1.807) is 6.92 Å². The van der Waals surface area contributed by atoms with Crippen molar-refractivity contribution in [2.75, 3.05) is 12.4 Å². The van der Waals surface area contributed by atoms with E-state index in [1.807, 2.05) is 20.8 Å². The molecular formula is C12H22N2O2S. The molecule has 0 aromatic rings. The lowest BCUT2D eigenvalue weighted by atomic mass is 9.90. The molecule has 0 bridgehead atoms. The fourth-order valence-corrected chi connectivity index (χ4v) is 1.89. The number of thioether (sulfide) groups is 1. The number of rotatable bonds is 7. The zero-order valence-electron chi connectivity index (χ0n) is 11.0. The number of nitrogens with zero attached hydrogens (tertiary/aromatic N) is 1. The molecule has 0 aromatic heterocycles. The minimum absolute atomic E-state index is 0.0660. The summed E-state index contributed by atoms with van der Waals surface area (Å²) in [4.78, 5) is 11.7. The van der Waals surface area contributed by atoms with Gasteiger partial charge in [0.1, 0.15) is 5.54 Å². The van der Waals surface area contributed by atoms with E-state index < -0.39 is 5.54 Å². The highest BCUT2D eigenvalue weighted by Crippen LogP contribution is 2.17. The highest BCUT2D eigenvalue weighted by molar-refractivity contribution is 8.00. The van der Waals surface area contributed by atoms with Gasteiger partial charge in [-0.15, -0.1) is 11.8 Å². The molecule has 5 heteroatoms. The van der Waals surface area contributed by atoms with Crippen molar-refractivity contribution in [1.82, 2.24) is 5.32 Å². The van der Waals surface area contributed by atoms with E-state index in [2.05, 4.69) is 11.4 Å². The molecule has 2 N–H and O–H groups in total. The van der Waals surface area contributed by atoms with Gasteiger partial charge < -0.3 is 10.4 Å². The van der Waals surface area contributed by atoms with Crippen LogP contribution in [0.2, 0.25) is 0 Å². The molecule has 0 aliphatic heterocycles. The fourth-order valence-electron chi connectivity index (χ4n) is 1.11. The maximum absolute atomic E-state index is 11.7. The first kappa shape index (κ1) is 16.3. The normalized spacial score (nSPS) is 16.1. The van der Waals surface area contributed by atoms with Gasteiger partial charge in [-0.1, -0.05) is 20.8 Å². The van der Waals surface area contributed by atoms with E-state index >= 15 is 0 Å². The Labute approximate surface area is 108 Å². The third kappa shape index (κ3) is 5.94. The third-order valence-electron chi connectivity index (χ3n) is 2.82. The zero-order chi connectivity index (χ0) is 13.5. The van der Waals surface area contributed by atoms with Crippen LogP contribution in [-0.2, 0) is 4.79 Å². The average molecular weight is 258 g/mol. The average Bonchev–Trinajstić information content (AvgIpc) is 2.26. The highest BCUT2D eigenvalue weighted by Gasteiger charge is 2.29. The van der Waals surface area contributed by atoms with Crippen LogP contribution in [0.3, 0.4) is 0 Å². The van der Waals surface area contributed by atoms with Crippen molar-refractivity contribution in [3.05, 3.63) is 0 Å². The second-order valence-electron chi connectivity index (χ2n) is 4.65. The maximum atomic E-state index is 11.7. The van der Waals surface area contributed by atoms with Crippen LogP contribution in [-0.4, -0.2) is 34.2 Å². The van der Waals surface area contributed by atoms with E-state index in [4.69, 9.17) is 10.4 Å². The lowest BCUT2D eigenvalue weighted by molar-refractivity contribution is -0.120. The Bertz CT molecular complexity index is 289. The number of carbonyl (C=O) groups excluding carboxylic acids is 1. The highest BCUT2D eigenvalue weighted by atomic mass is 32.2. The van der Waals surface area contributed by atoms with Crippen LogP contribution in [0, 0.1) is 17.2 Å². The van der Waals surface area contributed by atoms with Crippen LogP contribution in [0.15, 0.2) is 0 Å². The number of nitriles is 1. The predicted molar refractivity (Wildman–Crippen MR) is 70.6 cm³/mol. The van der Waals surface area contributed by atoms with Crippen molar-refractivity contribution in [2.24, 2.45) is 5.92 Å². The van der Waals surface area contributed by atoms with Gasteiger partial charge in [-0.05, 0) is 19.3 Å². The maximum Gasteiger partial charge on any atom is 0.231 e. The molecule has 0 radical (unpaired) electrons. The molecule has 0 saturated heterocycles. The minimum Gasteiger partial charge on any atom is -0.396 e. The minimum atomic E-state index is -0.808. The van der Waals surface area contributed by atoms with Crippen LogP contribution in [0.1, 0.15) is 34.1 Å². The van der Waals surface area contributed by atoms with Crippen molar-refractivity contribution in [1.29, 1.82) is 5.26 Å². The molecular weight excluding hydrogens is 236 g/mol. The number of hydrogen-bond acceptors (Lipinski definition) is 4. The SMILES string of the molecule is CC(CCO)SCC(=O)NC(C)(C#N)C(C)C.